The second kappa shape index (κ2) is 9.89. The smallest absolute Gasteiger partial charge is 0.306 e. The second-order valence-corrected chi connectivity index (χ2v) is 8.56. The summed E-state index contributed by atoms with van der Waals surface area (Å²) in [6, 6.07) is 7.42. The molecule has 29 heavy (non-hydrogen) atoms. The van der Waals surface area contributed by atoms with Crippen molar-refractivity contribution in [2.45, 2.75) is 32.1 Å². The Bertz CT molecular complexity index is 928. The number of primary amides is 1. The lowest BCUT2D eigenvalue weighted by Crippen LogP contribution is -2.22. The van der Waals surface area contributed by atoms with Crippen molar-refractivity contribution in [3.05, 3.63) is 44.7 Å². The van der Waals surface area contributed by atoms with Crippen LogP contribution in [0.15, 0.2) is 28.7 Å². The maximum absolute atomic E-state index is 12.1. The van der Waals surface area contributed by atoms with Crippen LogP contribution in [0.5, 0.6) is 5.75 Å². The Morgan fingerprint density at radius 1 is 1.24 bits per heavy atom. The van der Waals surface area contributed by atoms with Gasteiger partial charge in [-0.25, -0.2) is 0 Å². The van der Waals surface area contributed by atoms with Crippen LogP contribution in [0.1, 0.15) is 40.1 Å². The van der Waals surface area contributed by atoms with E-state index in [0.29, 0.717) is 29.3 Å². The van der Waals surface area contributed by atoms with Gasteiger partial charge in [0.2, 0.25) is 0 Å². The molecule has 0 saturated carbocycles. The molecule has 1 heterocycles. The summed E-state index contributed by atoms with van der Waals surface area (Å²) in [6.07, 6.45) is 3.26. The van der Waals surface area contributed by atoms with Crippen LogP contribution < -0.4 is 15.8 Å². The third-order valence-corrected chi connectivity index (χ3v) is 6.08. The molecule has 0 unspecified atom stereocenters. The zero-order valence-corrected chi connectivity index (χ0v) is 18.1. The zero-order chi connectivity index (χ0) is 20.8. The standard InChI is InChI=1S/C20H21BrN2O5S/c21-12-4-1-5-13(10-12)27-9-3-8-17(25)28-11-16(24)23-20-18(19(22)26)14-6-2-7-15(14)29-20/h1,4-5,10H,2-3,6-9,11H2,(H2,22,26)(H,23,24). The number of thiophene rings is 1. The maximum atomic E-state index is 12.1. The minimum Gasteiger partial charge on any atom is -0.494 e. The molecule has 2 amide bonds. The van der Waals surface area contributed by atoms with E-state index in [9.17, 15) is 14.4 Å². The number of carbonyl (C=O) groups is 3. The molecule has 0 saturated heterocycles. The van der Waals surface area contributed by atoms with Crippen molar-refractivity contribution in [2.75, 3.05) is 18.5 Å². The van der Waals surface area contributed by atoms with E-state index in [1.165, 1.54) is 11.3 Å². The van der Waals surface area contributed by atoms with Gasteiger partial charge in [-0.1, -0.05) is 22.0 Å². The molecule has 1 aliphatic rings. The van der Waals surface area contributed by atoms with E-state index >= 15 is 0 Å². The van der Waals surface area contributed by atoms with Crippen LogP contribution in [0.4, 0.5) is 5.00 Å². The highest BCUT2D eigenvalue weighted by Crippen LogP contribution is 2.38. The molecule has 1 aromatic carbocycles. The molecule has 0 aliphatic heterocycles. The fraction of sp³-hybridized carbons (Fsp3) is 0.350. The van der Waals surface area contributed by atoms with E-state index in [1.807, 2.05) is 24.3 Å². The van der Waals surface area contributed by atoms with Crippen LogP contribution in [-0.4, -0.2) is 31.0 Å². The Balaban J connectivity index is 1.39. The quantitative estimate of drug-likeness (QED) is 0.422. The lowest BCUT2D eigenvalue weighted by Gasteiger charge is -2.08. The summed E-state index contributed by atoms with van der Waals surface area (Å²) >= 11 is 4.72. The highest BCUT2D eigenvalue weighted by atomic mass is 79.9. The number of anilines is 1. The van der Waals surface area contributed by atoms with Crippen LogP contribution in [0.3, 0.4) is 0 Å². The van der Waals surface area contributed by atoms with Gasteiger partial charge >= 0.3 is 5.97 Å². The Morgan fingerprint density at radius 2 is 2.07 bits per heavy atom. The van der Waals surface area contributed by atoms with Gasteiger partial charge < -0.3 is 20.5 Å². The van der Waals surface area contributed by atoms with Gasteiger partial charge in [0.15, 0.2) is 6.61 Å². The number of halogens is 1. The number of ether oxygens (including phenoxy) is 2. The molecular weight excluding hydrogens is 460 g/mol. The first-order chi connectivity index (χ1) is 13.9. The molecule has 0 atom stereocenters. The summed E-state index contributed by atoms with van der Waals surface area (Å²) in [5.74, 6) is -0.824. The summed E-state index contributed by atoms with van der Waals surface area (Å²) in [6.45, 7) is -0.0490. The monoisotopic (exact) mass is 480 g/mol. The molecule has 154 valence electrons. The fourth-order valence-electron chi connectivity index (χ4n) is 3.10. The van der Waals surface area contributed by atoms with E-state index in [-0.39, 0.29) is 6.42 Å². The van der Waals surface area contributed by atoms with Crippen molar-refractivity contribution in [2.24, 2.45) is 5.73 Å². The number of fused-ring (bicyclic) bond motifs is 1. The molecule has 0 spiro atoms. The molecule has 2 aromatic rings. The van der Waals surface area contributed by atoms with Gasteiger partial charge in [0, 0.05) is 15.8 Å². The first-order valence-electron chi connectivity index (χ1n) is 9.22. The van der Waals surface area contributed by atoms with Gasteiger partial charge in [-0.3, -0.25) is 14.4 Å². The molecular formula is C20H21BrN2O5S. The van der Waals surface area contributed by atoms with Crippen molar-refractivity contribution in [1.29, 1.82) is 0 Å². The summed E-state index contributed by atoms with van der Waals surface area (Å²) < 4.78 is 11.5. The topological polar surface area (TPSA) is 108 Å². The van der Waals surface area contributed by atoms with Crippen molar-refractivity contribution < 1.29 is 23.9 Å². The normalized spacial score (nSPS) is 12.3. The van der Waals surface area contributed by atoms with Crippen molar-refractivity contribution in [3.8, 4) is 5.75 Å². The minimum atomic E-state index is -0.554. The summed E-state index contributed by atoms with van der Waals surface area (Å²) in [5, 5.41) is 3.08. The number of carbonyl (C=O) groups excluding carboxylic acids is 3. The third kappa shape index (κ3) is 5.80. The van der Waals surface area contributed by atoms with Gasteiger partial charge in [0.05, 0.1) is 12.2 Å². The Hall–Kier alpha value is -2.39. The largest absolute Gasteiger partial charge is 0.494 e. The number of hydrogen-bond acceptors (Lipinski definition) is 6. The molecule has 7 nitrogen and oxygen atoms in total. The number of esters is 1. The molecule has 0 radical (unpaired) electrons. The molecule has 9 heteroatoms. The van der Waals surface area contributed by atoms with Crippen LogP contribution >= 0.6 is 27.3 Å². The van der Waals surface area contributed by atoms with Crippen molar-refractivity contribution in [3.63, 3.8) is 0 Å². The SMILES string of the molecule is NC(=O)c1c(NC(=O)COC(=O)CCCOc2cccc(Br)c2)sc2c1CCC2. The molecule has 1 aromatic heterocycles. The fourth-order valence-corrected chi connectivity index (χ4v) is 4.79. The first-order valence-corrected chi connectivity index (χ1v) is 10.8. The summed E-state index contributed by atoms with van der Waals surface area (Å²) in [4.78, 5) is 36.7. The third-order valence-electron chi connectivity index (χ3n) is 4.37. The van der Waals surface area contributed by atoms with Gasteiger partial charge in [0.1, 0.15) is 10.8 Å². The highest BCUT2D eigenvalue weighted by molar-refractivity contribution is 9.10. The average Bonchev–Trinajstić information content (AvgIpc) is 3.24. The molecule has 1 aliphatic carbocycles. The van der Waals surface area contributed by atoms with Crippen LogP contribution in [0, 0.1) is 0 Å². The van der Waals surface area contributed by atoms with Gasteiger partial charge in [0.25, 0.3) is 11.8 Å². The summed E-state index contributed by atoms with van der Waals surface area (Å²) in [7, 11) is 0. The Kier molecular flexibility index (Phi) is 7.27. The molecule has 0 fully saturated rings. The molecule has 0 bridgehead atoms. The number of rotatable bonds is 9. The van der Waals surface area contributed by atoms with Crippen molar-refractivity contribution >= 4 is 50.1 Å². The van der Waals surface area contributed by atoms with Crippen molar-refractivity contribution in [1.82, 2.24) is 0 Å². The van der Waals surface area contributed by atoms with Gasteiger partial charge in [-0.2, -0.15) is 0 Å². The number of benzene rings is 1. The van der Waals surface area contributed by atoms with Gasteiger partial charge in [-0.15, -0.1) is 11.3 Å². The molecule has 3 N–H and O–H groups in total. The number of amides is 2. The minimum absolute atomic E-state index is 0.140. The van der Waals surface area contributed by atoms with E-state index < -0.39 is 24.4 Å². The average molecular weight is 481 g/mol. The predicted molar refractivity (Wildman–Crippen MR) is 113 cm³/mol. The maximum Gasteiger partial charge on any atom is 0.306 e. The highest BCUT2D eigenvalue weighted by Gasteiger charge is 2.26. The first kappa shape index (κ1) is 21.3. The van der Waals surface area contributed by atoms with Gasteiger partial charge in [-0.05, 0) is 49.4 Å². The van der Waals surface area contributed by atoms with E-state index in [4.69, 9.17) is 15.2 Å². The number of aryl methyl sites for hydroxylation is 1. The Labute approximate surface area is 180 Å². The number of nitrogens with one attached hydrogen (secondary N) is 1. The van der Waals surface area contributed by atoms with E-state index in [1.54, 1.807) is 0 Å². The lowest BCUT2D eigenvalue weighted by atomic mass is 10.1. The Morgan fingerprint density at radius 3 is 2.83 bits per heavy atom. The zero-order valence-electron chi connectivity index (χ0n) is 15.7. The number of hydrogen-bond donors (Lipinski definition) is 2. The van der Waals surface area contributed by atoms with E-state index in [2.05, 4.69) is 21.2 Å². The van der Waals surface area contributed by atoms with E-state index in [0.717, 1.165) is 34.2 Å². The number of nitrogens with two attached hydrogens (primary N) is 1. The lowest BCUT2D eigenvalue weighted by molar-refractivity contribution is -0.147. The van der Waals surface area contributed by atoms with Crippen LogP contribution in [0.2, 0.25) is 0 Å². The second-order valence-electron chi connectivity index (χ2n) is 6.54. The molecule has 3 rings (SSSR count). The van der Waals surface area contributed by atoms with Crippen LogP contribution in [-0.2, 0) is 27.2 Å². The predicted octanol–water partition coefficient (Wildman–Crippen LogP) is 3.44. The summed E-state index contributed by atoms with van der Waals surface area (Å²) in [5.41, 5.74) is 6.78. The van der Waals surface area contributed by atoms with Crippen LogP contribution in [0.25, 0.3) is 0 Å².